The van der Waals surface area contributed by atoms with Crippen LogP contribution in [-0.2, 0) is 25.9 Å². The number of carbonyl (C=O) groups excluding carboxylic acids is 4. The predicted octanol–water partition coefficient (Wildman–Crippen LogP) is -0.137. The van der Waals surface area contributed by atoms with Gasteiger partial charge in [0.25, 0.3) is 17.7 Å². The van der Waals surface area contributed by atoms with Crippen molar-refractivity contribution in [2.45, 2.75) is 6.42 Å². The van der Waals surface area contributed by atoms with Crippen LogP contribution in [0.4, 0.5) is 11.5 Å². The molecule has 0 saturated heterocycles. The van der Waals surface area contributed by atoms with E-state index in [-0.39, 0.29) is 23.2 Å². The summed E-state index contributed by atoms with van der Waals surface area (Å²) in [5.74, 6) is -0.688. The third-order valence-corrected chi connectivity index (χ3v) is 4.71. The summed E-state index contributed by atoms with van der Waals surface area (Å²) in [6.45, 7) is 0.816. The van der Waals surface area contributed by atoms with Gasteiger partial charge in [-0.25, -0.2) is 9.97 Å². The van der Waals surface area contributed by atoms with Gasteiger partial charge in [0.1, 0.15) is 5.69 Å². The molecule has 3 aromatic rings. The Morgan fingerprint density at radius 1 is 0.939 bits per heavy atom. The molecule has 4 N–H and O–H groups in total. The molecule has 3 heterocycles. The molecular formula is C20H25N9O4. The lowest BCUT2D eigenvalue weighted by atomic mass is 10.3. The maximum absolute atomic E-state index is 12.7. The number of aromatic nitrogens is 5. The van der Waals surface area contributed by atoms with E-state index in [0.717, 1.165) is 0 Å². The van der Waals surface area contributed by atoms with Crippen LogP contribution in [0, 0.1) is 0 Å². The fraction of sp³-hybridized carbons (Fsp3) is 0.300. The van der Waals surface area contributed by atoms with E-state index in [2.05, 4.69) is 31.2 Å². The number of rotatable bonds is 10. The van der Waals surface area contributed by atoms with Crippen LogP contribution in [0.2, 0.25) is 0 Å². The number of imidazole rings is 2. The van der Waals surface area contributed by atoms with E-state index in [1.54, 1.807) is 42.7 Å². The highest BCUT2D eigenvalue weighted by Crippen LogP contribution is 2.16. The quantitative estimate of drug-likeness (QED) is 0.246. The van der Waals surface area contributed by atoms with E-state index in [9.17, 15) is 19.2 Å². The van der Waals surface area contributed by atoms with Crippen LogP contribution >= 0.6 is 0 Å². The highest BCUT2D eigenvalue weighted by Gasteiger charge is 2.19. The Morgan fingerprint density at radius 2 is 1.73 bits per heavy atom. The van der Waals surface area contributed by atoms with E-state index in [1.807, 2.05) is 0 Å². The second-order valence-electron chi connectivity index (χ2n) is 7.24. The summed E-state index contributed by atoms with van der Waals surface area (Å²) in [4.78, 5) is 55.8. The van der Waals surface area contributed by atoms with Gasteiger partial charge in [-0.15, -0.1) is 0 Å². The summed E-state index contributed by atoms with van der Waals surface area (Å²) in [6, 6.07) is 1.53. The molecule has 4 amide bonds. The van der Waals surface area contributed by atoms with Gasteiger partial charge in [0.05, 0.1) is 5.69 Å². The number of amides is 4. The summed E-state index contributed by atoms with van der Waals surface area (Å²) in [5, 5.41) is 10.6. The summed E-state index contributed by atoms with van der Waals surface area (Å²) in [5.41, 5.74) is 0.713. The monoisotopic (exact) mass is 455 g/mol. The Bertz CT molecular complexity index is 1170. The molecule has 0 unspecified atom stereocenters. The summed E-state index contributed by atoms with van der Waals surface area (Å²) < 4.78 is 4.65. The van der Waals surface area contributed by atoms with Crippen molar-refractivity contribution in [3.63, 3.8) is 0 Å². The first-order valence-electron chi connectivity index (χ1n) is 10.0. The minimum atomic E-state index is -0.458. The van der Waals surface area contributed by atoms with Crippen molar-refractivity contribution < 1.29 is 19.2 Å². The molecule has 0 atom stereocenters. The van der Waals surface area contributed by atoms with Gasteiger partial charge in [-0.1, -0.05) is 0 Å². The SMILES string of the molecule is Cn1cc(NC(=O)c2nccn2C)cc1C(=O)Nc1cn(C)c(C(=O)NCCCNC=O)n1. The summed E-state index contributed by atoms with van der Waals surface area (Å²) in [6.07, 6.45) is 7.47. The Morgan fingerprint density at radius 3 is 2.42 bits per heavy atom. The molecule has 0 aliphatic carbocycles. The highest BCUT2D eigenvalue weighted by molar-refractivity contribution is 6.06. The highest BCUT2D eigenvalue weighted by atomic mass is 16.2. The van der Waals surface area contributed by atoms with Crippen molar-refractivity contribution in [2.24, 2.45) is 21.1 Å². The van der Waals surface area contributed by atoms with Crippen LogP contribution in [0.25, 0.3) is 0 Å². The fourth-order valence-corrected chi connectivity index (χ4v) is 3.08. The molecule has 3 aromatic heterocycles. The standard InChI is InChI=1S/C20H25N9O4/c1-27-8-7-22-16(27)20(33)24-13-9-14(28(2)10-13)18(31)26-15-11-29(3)17(25-15)19(32)23-6-4-5-21-12-30/h7-12H,4-6H2,1-3H3,(H,21,30)(H,23,32)(H,24,33)(H,26,31). The van der Waals surface area contributed by atoms with Crippen LogP contribution in [0.15, 0.2) is 30.9 Å². The molecule has 0 aliphatic heterocycles. The van der Waals surface area contributed by atoms with Gasteiger partial charge in [-0.2, -0.15) is 0 Å². The Labute approximate surface area is 189 Å². The molecule has 0 bridgehead atoms. The van der Waals surface area contributed by atoms with Gasteiger partial charge < -0.3 is 35.0 Å². The lowest BCUT2D eigenvalue weighted by Gasteiger charge is -2.04. The molecule has 174 valence electrons. The fourth-order valence-electron chi connectivity index (χ4n) is 3.08. The number of hydrogen-bond acceptors (Lipinski definition) is 6. The van der Waals surface area contributed by atoms with E-state index in [4.69, 9.17) is 0 Å². The van der Waals surface area contributed by atoms with Gasteiger partial charge in [0.2, 0.25) is 12.2 Å². The molecule has 0 saturated carbocycles. The lowest BCUT2D eigenvalue weighted by molar-refractivity contribution is -0.109. The minimum Gasteiger partial charge on any atom is -0.359 e. The normalized spacial score (nSPS) is 10.5. The molecule has 0 fully saturated rings. The van der Waals surface area contributed by atoms with E-state index in [0.29, 0.717) is 31.6 Å². The smallest absolute Gasteiger partial charge is 0.291 e. The average molecular weight is 455 g/mol. The van der Waals surface area contributed by atoms with Crippen molar-refractivity contribution in [1.82, 2.24) is 34.3 Å². The van der Waals surface area contributed by atoms with Crippen molar-refractivity contribution >= 4 is 35.6 Å². The first-order valence-corrected chi connectivity index (χ1v) is 10.0. The van der Waals surface area contributed by atoms with Gasteiger partial charge in [-0.3, -0.25) is 19.2 Å². The van der Waals surface area contributed by atoms with Gasteiger partial charge in [0.15, 0.2) is 11.6 Å². The van der Waals surface area contributed by atoms with Gasteiger partial charge in [0, 0.05) is 59.0 Å². The maximum atomic E-state index is 12.7. The molecular weight excluding hydrogens is 430 g/mol. The lowest BCUT2D eigenvalue weighted by Crippen LogP contribution is -2.29. The molecule has 0 aromatic carbocycles. The molecule has 3 rings (SSSR count). The molecule has 13 heteroatoms. The van der Waals surface area contributed by atoms with Crippen LogP contribution < -0.4 is 21.3 Å². The molecule has 0 radical (unpaired) electrons. The number of nitrogens with zero attached hydrogens (tertiary/aromatic N) is 5. The largest absolute Gasteiger partial charge is 0.359 e. The second kappa shape index (κ2) is 10.3. The third-order valence-electron chi connectivity index (χ3n) is 4.71. The van der Waals surface area contributed by atoms with Crippen LogP contribution in [0.5, 0.6) is 0 Å². The second-order valence-corrected chi connectivity index (χ2v) is 7.24. The van der Waals surface area contributed by atoms with Gasteiger partial charge in [-0.05, 0) is 12.5 Å². The number of carbonyl (C=O) groups is 4. The Balaban J connectivity index is 1.62. The van der Waals surface area contributed by atoms with Crippen molar-refractivity contribution in [1.29, 1.82) is 0 Å². The Hall–Kier alpha value is -4.42. The minimum absolute atomic E-state index is 0.128. The average Bonchev–Trinajstić information content (AvgIpc) is 3.46. The summed E-state index contributed by atoms with van der Waals surface area (Å²) >= 11 is 0. The van der Waals surface area contributed by atoms with E-state index in [1.165, 1.54) is 23.0 Å². The summed E-state index contributed by atoms with van der Waals surface area (Å²) in [7, 11) is 5.01. The zero-order chi connectivity index (χ0) is 24.0. The van der Waals surface area contributed by atoms with Crippen molar-refractivity contribution in [3.8, 4) is 0 Å². The number of nitrogens with one attached hydrogen (secondary N) is 4. The van der Waals surface area contributed by atoms with Crippen molar-refractivity contribution in [2.75, 3.05) is 23.7 Å². The van der Waals surface area contributed by atoms with Gasteiger partial charge >= 0.3 is 0 Å². The van der Waals surface area contributed by atoms with Crippen LogP contribution in [-0.4, -0.2) is 60.9 Å². The van der Waals surface area contributed by atoms with Crippen LogP contribution in [0.1, 0.15) is 38.1 Å². The number of hydrogen-bond donors (Lipinski definition) is 4. The van der Waals surface area contributed by atoms with E-state index >= 15 is 0 Å². The number of aryl methyl sites for hydroxylation is 3. The zero-order valence-electron chi connectivity index (χ0n) is 18.5. The molecule has 13 nitrogen and oxygen atoms in total. The molecule has 33 heavy (non-hydrogen) atoms. The molecule has 0 spiro atoms. The predicted molar refractivity (Wildman–Crippen MR) is 119 cm³/mol. The first kappa shape index (κ1) is 23.2. The molecule has 0 aliphatic rings. The number of anilines is 2. The maximum Gasteiger partial charge on any atom is 0.291 e. The Kier molecular flexibility index (Phi) is 7.23. The first-order chi connectivity index (χ1) is 15.8. The van der Waals surface area contributed by atoms with E-state index < -0.39 is 17.7 Å². The van der Waals surface area contributed by atoms with Crippen molar-refractivity contribution in [3.05, 3.63) is 48.2 Å². The topological polar surface area (TPSA) is 157 Å². The van der Waals surface area contributed by atoms with Crippen LogP contribution in [0.3, 0.4) is 0 Å². The third kappa shape index (κ3) is 5.64. The zero-order valence-corrected chi connectivity index (χ0v) is 18.5.